The van der Waals surface area contributed by atoms with Gasteiger partial charge in [0.05, 0.1) is 12.6 Å². The van der Waals surface area contributed by atoms with Gasteiger partial charge in [0, 0.05) is 49.3 Å². The van der Waals surface area contributed by atoms with Crippen LogP contribution in [-0.2, 0) is 52.7 Å². The molecule has 1 rings (SSSR count). The summed E-state index contributed by atoms with van der Waals surface area (Å²) in [5.74, 6) is -9.35. The van der Waals surface area contributed by atoms with Crippen molar-refractivity contribution in [1.82, 2.24) is 55.6 Å². The molecule has 1 aliphatic rings. The molecular weight excluding hydrogens is 1090 g/mol. The zero-order chi connectivity index (χ0) is 66.0. The van der Waals surface area contributed by atoms with Crippen LogP contribution in [0.25, 0.3) is 0 Å². The molecule has 85 heavy (non-hydrogen) atoms. The average molecular weight is 1200 g/mol. The second-order valence-corrected chi connectivity index (χ2v) is 26.0. The van der Waals surface area contributed by atoms with Crippen LogP contribution in [0.2, 0.25) is 0 Å². The van der Waals surface area contributed by atoms with Crippen LogP contribution in [0.3, 0.4) is 0 Å². The van der Waals surface area contributed by atoms with Crippen LogP contribution in [0.5, 0.6) is 0 Å². The molecule has 0 aromatic carbocycles. The second kappa shape index (κ2) is 34.9. The standard InChI is InChI=1S/C62H111N11O12/c1-25-27-28-39(13)40(14)51-56(79)65-44(26-2)58(81)67(18)33-49(75)68(19)45(29-34(3)4)55(78)66-50(38(11)12)61(84)69(20)46(30-35(5)6)54(77)63-41(15)53(76)64-42(16)57(80)70(21)47(31-36(7)8)59(82)71(22)48(32-37(9)10)60(83)73(24)52(43(17)74)62(85)72(51)23/h25,27,34-48,50-52,74H,26,28-33H2,1-24H3,(H,63,77)(H,64,76)(H,65,79)(H,66,78)/b27-25+/t39-,40+,41+,42+,43?,44+,45+,46+,47+,48+,50?,51-,52?/m1/s1. The molecule has 1 fully saturated rings. The number of carbonyl (C=O) groups excluding carboxylic acids is 11. The van der Waals surface area contributed by atoms with Crippen LogP contribution in [0.4, 0.5) is 0 Å². The van der Waals surface area contributed by atoms with E-state index in [0.717, 1.165) is 9.80 Å². The minimum Gasteiger partial charge on any atom is -0.391 e. The molecule has 1 saturated heterocycles. The Morgan fingerprint density at radius 2 is 0.882 bits per heavy atom. The van der Waals surface area contributed by atoms with Crippen LogP contribution in [-0.4, -0.2) is 227 Å². The van der Waals surface area contributed by atoms with Crippen molar-refractivity contribution in [3.63, 3.8) is 0 Å². The Balaban J connectivity index is 4.32. The Morgan fingerprint density at radius 1 is 0.471 bits per heavy atom. The van der Waals surface area contributed by atoms with Gasteiger partial charge < -0.3 is 60.7 Å². The molecule has 0 aromatic heterocycles. The Bertz CT molecular complexity index is 2330. The van der Waals surface area contributed by atoms with Crippen LogP contribution >= 0.6 is 0 Å². The van der Waals surface area contributed by atoms with E-state index in [9.17, 15) is 48.3 Å². The maximum absolute atomic E-state index is 15.1. The summed E-state index contributed by atoms with van der Waals surface area (Å²) >= 11 is 0. The Hall–Kier alpha value is -6.13. The van der Waals surface area contributed by atoms with Gasteiger partial charge in [-0.15, -0.1) is 0 Å². The minimum absolute atomic E-state index is 0.0645. The lowest BCUT2D eigenvalue weighted by atomic mass is 9.84. The minimum atomic E-state index is -1.59. The summed E-state index contributed by atoms with van der Waals surface area (Å²) in [6, 6.07) is -12.3. The van der Waals surface area contributed by atoms with Crippen molar-refractivity contribution in [2.24, 2.45) is 41.4 Å². The number of amides is 11. The lowest BCUT2D eigenvalue weighted by Crippen LogP contribution is -2.63. The van der Waals surface area contributed by atoms with Gasteiger partial charge in [0.15, 0.2) is 0 Å². The van der Waals surface area contributed by atoms with E-state index < -0.39 is 150 Å². The van der Waals surface area contributed by atoms with Gasteiger partial charge in [0.1, 0.15) is 60.4 Å². The highest BCUT2D eigenvalue weighted by atomic mass is 16.3. The lowest BCUT2D eigenvalue weighted by Gasteiger charge is -2.41. The van der Waals surface area contributed by atoms with E-state index in [2.05, 4.69) is 21.3 Å². The molecular formula is C62H111N11O12. The third-order valence-electron chi connectivity index (χ3n) is 16.4. The molecule has 23 nitrogen and oxygen atoms in total. The number of aliphatic hydroxyl groups excluding tert-OH is 1. The molecule has 11 amide bonds. The van der Waals surface area contributed by atoms with Crippen LogP contribution in [0, 0.1) is 41.4 Å². The summed E-state index contributed by atoms with van der Waals surface area (Å²) in [5.41, 5.74) is 0. The number of allylic oxidation sites excluding steroid dienone is 2. The van der Waals surface area contributed by atoms with Gasteiger partial charge in [-0.1, -0.05) is 102 Å². The maximum Gasteiger partial charge on any atom is 0.248 e. The molecule has 1 heterocycles. The van der Waals surface area contributed by atoms with Crippen molar-refractivity contribution in [2.75, 3.05) is 55.9 Å². The molecule has 486 valence electrons. The first-order chi connectivity index (χ1) is 39.2. The Kier molecular flexibility index (Phi) is 31.5. The van der Waals surface area contributed by atoms with Gasteiger partial charge in [-0.25, -0.2) is 0 Å². The van der Waals surface area contributed by atoms with Crippen molar-refractivity contribution in [3.05, 3.63) is 12.2 Å². The fourth-order valence-corrected chi connectivity index (χ4v) is 10.8. The number of aliphatic hydroxyl groups is 1. The van der Waals surface area contributed by atoms with Gasteiger partial charge in [-0.2, -0.15) is 0 Å². The molecule has 13 atom stereocenters. The molecule has 0 aromatic rings. The summed E-state index contributed by atoms with van der Waals surface area (Å²) in [4.78, 5) is 168. The molecule has 0 bridgehead atoms. The van der Waals surface area contributed by atoms with E-state index in [1.165, 1.54) is 94.6 Å². The Morgan fingerprint density at radius 3 is 1.33 bits per heavy atom. The number of rotatable bonds is 15. The molecule has 0 aliphatic carbocycles. The predicted octanol–water partition coefficient (Wildman–Crippen LogP) is 3.27. The summed E-state index contributed by atoms with van der Waals surface area (Å²) in [6.07, 6.45) is 3.43. The quantitative estimate of drug-likeness (QED) is 0.148. The number of hydrogen-bond donors (Lipinski definition) is 5. The third-order valence-corrected chi connectivity index (χ3v) is 16.4. The summed E-state index contributed by atoms with van der Waals surface area (Å²) in [6.45, 7) is 29.3. The summed E-state index contributed by atoms with van der Waals surface area (Å²) < 4.78 is 0. The van der Waals surface area contributed by atoms with Crippen molar-refractivity contribution in [3.8, 4) is 0 Å². The van der Waals surface area contributed by atoms with Gasteiger partial charge in [0.2, 0.25) is 65.0 Å². The topological polar surface area (TPSA) is 279 Å². The van der Waals surface area contributed by atoms with E-state index in [1.807, 2.05) is 81.4 Å². The highest BCUT2D eigenvalue weighted by Crippen LogP contribution is 2.27. The molecule has 5 N–H and O–H groups in total. The first-order valence-electron chi connectivity index (χ1n) is 30.6. The summed E-state index contributed by atoms with van der Waals surface area (Å²) in [5, 5.41) is 22.6. The highest BCUT2D eigenvalue weighted by Gasteiger charge is 2.45. The second-order valence-electron chi connectivity index (χ2n) is 26.0. The largest absolute Gasteiger partial charge is 0.391 e. The number of nitrogens with zero attached hydrogens (tertiary/aromatic N) is 7. The molecule has 3 unspecified atom stereocenters. The van der Waals surface area contributed by atoms with Crippen molar-refractivity contribution >= 4 is 65.0 Å². The fraction of sp³-hybridized carbons (Fsp3) is 0.790. The fourth-order valence-electron chi connectivity index (χ4n) is 10.8. The van der Waals surface area contributed by atoms with E-state index in [-0.39, 0.29) is 61.7 Å². The van der Waals surface area contributed by atoms with Gasteiger partial charge in [-0.05, 0) is 108 Å². The van der Waals surface area contributed by atoms with E-state index in [4.69, 9.17) is 0 Å². The first kappa shape index (κ1) is 76.9. The SMILES string of the molecule is C/C=C/C[C@@H](C)[C@H](C)[C@@H]1C(=O)N[C@@H](CC)C(=O)N(C)CC(=O)N(C)[C@@H](CC(C)C)C(=O)NC(C(C)C)C(=O)N(C)[C@@H](CC(C)C)C(=O)N[C@@H](C)C(=O)N[C@@H](C)C(=O)N(C)[C@@H](CC(C)C)C(=O)N(C)[C@@H](CC(C)C)C(=O)N(C)C(C(C)O)C(=O)N1C. The summed E-state index contributed by atoms with van der Waals surface area (Å²) in [7, 11) is 9.86. The molecule has 1 aliphatic heterocycles. The van der Waals surface area contributed by atoms with Crippen LogP contribution < -0.4 is 21.3 Å². The van der Waals surface area contributed by atoms with Crippen molar-refractivity contribution in [2.45, 2.75) is 223 Å². The highest BCUT2D eigenvalue weighted by molar-refractivity contribution is 5.99. The van der Waals surface area contributed by atoms with Crippen molar-refractivity contribution < 1.29 is 57.8 Å². The number of nitrogens with one attached hydrogen (secondary N) is 4. The number of likely N-dealkylation sites (N-methyl/N-ethyl adjacent to an activating group) is 7. The Labute approximate surface area is 508 Å². The molecule has 0 spiro atoms. The van der Waals surface area contributed by atoms with Crippen LogP contribution in [0.15, 0.2) is 12.2 Å². The smallest absolute Gasteiger partial charge is 0.248 e. The van der Waals surface area contributed by atoms with Crippen LogP contribution in [0.1, 0.15) is 156 Å². The van der Waals surface area contributed by atoms with E-state index >= 15 is 9.59 Å². The first-order valence-corrected chi connectivity index (χ1v) is 30.6. The van der Waals surface area contributed by atoms with Gasteiger partial charge in [-0.3, -0.25) is 52.7 Å². The van der Waals surface area contributed by atoms with E-state index in [1.54, 1.807) is 27.7 Å². The average Bonchev–Trinajstić information content (AvgIpc) is 3.62. The van der Waals surface area contributed by atoms with E-state index in [0.29, 0.717) is 6.42 Å². The predicted molar refractivity (Wildman–Crippen MR) is 328 cm³/mol. The molecule has 0 saturated carbocycles. The lowest BCUT2D eigenvalue weighted by molar-refractivity contribution is -0.158. The normalized spacial score (nSPS) is 27.2. The number of carbonyl (C=O) groups is 11. The monoisotopic (exact) mass is 1200 g/mol. The molecule has 0 radical (unpaired) electrons. The molecule has 23 heteroatoms. The van der Waals surface area contributed by atoms with Gasteiger partial charge in [0.25, 0.3) is 0 Å². The van der Waals surface area contributed by atoms with Crippen molar-refractivity contribution in [1.29, 1.82) is 0 Å². The van der Waals surface area contributed by atoms with Gasteiger partial charge >= 0.3 is 0 Å². The zero-order valence-electron chi connectivity index (χ0n) is 56.1. The maximum atomic E-state index is 15.1. The number of hydrogen-bond acceptors (Lipinski definition) is 12. The third kappa shape index (κ3) is 21.7. The zero-order valence-corrected chi connectivity index (χ0v) is 56.1.